The Balaban J connectivity index is 1.56. The van der Waals surface area contributed by atoms with Gasteiger partial charge in [-0.15, -0.1) is 0 Å². The van der Waals surface area contributed by atoms with Gasteiger partial charge in [0.2, 0.25) is 0 Å². The van der Waals surface area contributed by atoms with Crippen molar-refractivity contribution in [3.05, 3.63) is 121 Å². The average Bonchev–Trinajstić information content (AvgIpc) is 3.44. The molecule has 0 aromatic rings. The molecular weight excluding hydrogens is 304 g/mol. The van der Waals surface area contributed by atoms with Crippen molar-refractivity contribution in [2.45, 2.75) is 0 Å². The van der Waals surface area contributed by atoms with E-state index in [0.717, 1.165) is 0 Å². The van der Waals surface area contributed by atoms with Gasteiger partial charge in [0.05, 0.1) is 12.5 Å². The Morgan fingerprint density at radius 2 is 0.680 bits per heavy atom. The van der Waals surface area contributed by atoms with Gasteiger partial charge in [-0.05, 0) is 11.1 Å². The molecule has 0 bridgehead atoms. The molecule has 1 heteroatoms. The van der Waals surface area contributed by atoms with Crippen LogP contribution in [0.15, 0.2) is 121 Å². The molecule has 0 spiro atoms. The molecule has 4 aliphatic rings. The summed E-state index contributed by atoms with van der Waals surface area (Å²) in [5, 5.41) is 0. The van der Waals surface area contributed by atoms with Crippen molar-refractivity contribution < 1.29 is 4.74 Å². The summed E-state index contributed by atoms with van der Waals surface area (Å²) in [6.45, 7) is 0. The van der Waals surface area contributed by atoms with Crippen molar-refractivity contribution in [1.29, 1.82) is 0 Å². The van der Waals surface area contributed by atoms with E-state index in [-0.39, 0.29) is 0 Å². The summed E-state index contributed by atoms with van der Waals surface area (Å²) in [5.41, 5.74) is 2.53. The molecule has 0 heterocycles. The molecule has 124 valence electrons. The van der Waals surface area contributed by atoms with E-state index in [0.29, 0.717) is 23.7 Å². The minimum Gasteiger partial charge on any atom is -0.473 e. The monoisotopic (exact) mass is 326 g/mol. The normalized spacial score (nSPS) is 21.3. The highest BCUT2D eigenvalue weighted by Gasteiger charge is 2.20. The largest absolute Gasteiger partial charge is 0.473 e. The predicted octanol–water partition coefficient (Wildman–Crippen LogP) is 5.74. The molecule has 0 aromatic carbocycles. The molecule has 0 aliphatic heterocycles. The molecule has 0 radical (unpaired) electrons. The first-order chi connectivity index (χ1) is 12.4. The first-order valence-electron chi connectivity index (χ1n) is 8.87. The third-order valence-corrected chi connectivity index (χ3v) is 4.94. The first-order valence-corrected chi connectivity index (χ1v) is 8.87. The van der Waals surface area contributed by atoms with Gasteiger partial charge in [-0.25, -0.2) is 0 Å². The molecule has 0 atom stereocenters. The zero-order valence-corrected chi connectivity index (χ0v) is 14.1. The van der Waals surface area contributed by atoms with Crippen LogP contribution in [0.5, 0.6) is 0 Å². The van der Waals surface area contributed by atoms with Crippen molar-refractivity contribution in [3.8, 4) is 0 Å². The number of hydrogen-bond acceptors (Lipinski definition) is 1. The lowest BCUT2D eigenvalue weighted by Gasteiger charge is -2.18. The van der Waals surface area contributed by atoms with Crippen LogP contribution in [0, 0.1) is 23.7 Å². The van der Waals surface area contributed by atoms with Crippen LogP contribution in [0.2, 0.25) is 0 Å². The summed E-state index contributed by atoms with van der Waals surface area (Å²) in [6.07, 6.45) is 38.4. The van der Waals surface area contributed by atoms with Crippen molar-refractivity contribution in [2.24, 2.45) is 23.7 Å². The zero-order valence-electron chi connectivity index (χ0n) is 14.1. The smallest absolute Gasteiger partial charge is 0.0911 e. The van der Waals surface area contributed by atoms with Crippen molar-refractivity contribution in [1.82, 2.24) is 0 Å². The fraction of sp³-hybridized carbons (Fsp3) is 0.167. The Hall–Kier alpha value is -2.80. The molecule has 4 aliphatic carbocycles. The molecule has 0 saturated carbocycles. The van der Waals surface area contributed by atoms with Crippen LogP contribution in [-0.4, -0.2) is 0 Å². The highest BCUT2D eigenvalue weighted by molar-refractivity contribution is 5.38. The standard InChI is InChI=1S/C24H22O/c1-2-10-19(9-1)23(20-11-3-4-12-20)17-25-18-24(21-13-5-6-14-21)22-15-7-8-16-22/h1-22H. The van der Waals surface area contributed by atoms with Crippen LogP contribution >= 0.6 is 0 Å². The van der Waals surface area contributed by atoms with Crippen LogP contribution < -0.4 is 0 Å². The third kappa shape index (κ3) is 3.51. The number of hydrogen-bond donors (Lipinski definition) is 0. The number of ether oxygens (including phenoxy) is 1. The van der Waals surface area contributed by atoms with Crippen LogP contribution in [0.3, 0.4) is 0 Å². The van der Waals surface area contributed by atoms with Gasteiger partial charge in [-0.3, -0.25) is 0 Å². The Morgan fingerprint density at radius 1 is 0.440 bits per heavy atom. The van der Waals surface area contributed by atoms with Crippen molar-refractivity contribution in [2.75, 3.05) is 0 Å². The van der Waals surface area contributed by atoms with Gasteiger partial charge in [0.15, 0.2) is 0 Å². The van der Waals surface area contributed by atoms with Gasteiger partial charge >= 0.3 is 0 Å². The van der Waals surface area contributed by atoms with Crippen LogP contribution in [0.4, 0.5) is 0 Å². The third-order valence-electron chi connectivity index (χ3n) is 4.94. The zero-order chi connectivity index (χ0) is 16.9. The van der Waals surface area contributed by atoms with Gasteiger partial charge in [-0.2, -0.15) is 0 Å². The molecule has 0 amide bonds. The molecule has 25 heavy (non-hydrogen) atoms. The Labute approximate surface area is 149 Å². The second-order valence-electron chi connectivity index (χ2n) is 6.55. The van der Waals surface area contributed by atoms with Crippen molar-refractivity contribution >= 4 is 0 Å². The van der Waals surface area contributed by atoms with E-state index < -0.39 is 0 Å². The maximum Gasteiger partial charge on any atom is 0.0911 e. The molecule has 0 saturated heterocycles. The highest BCUT2D eigenvalue weighted by Crippen LogP contribution is 2.32. The maximum atomic E-state index is 6.01. The maximum absolute atomic E-state index is 6.01. The summed E-state index contributed by atoms with van der Waals surface area (Å²) in [4.78, 5) is 0. The lowest BCUT2D eigenvalue weighted by atomic mass is 9.90. The topological polar surface area (TPSA) is 9.23 Å². The highest BCUT2D eigenvalue weighted by atomic mass is 16.5. The fourth-order valence-electron chi connectivity index (χ4n) is 3.57. The Morgan fingerprint density at radius 3 is 0.920 bits per heavy atom. The molecule has 1 nitrogen and oxygen atoms in total. The summed E-state index contributed by atoms with van der Waals surface area (Å²) in [7, 11) is 0. The van der Waals surface area contributed by atoms with Crippen LogP contribution in [-0.2, 0) is 4.74 Å². The van der Waals surface area contributed by atoms with Crippen molar-refractivity contribution in [3.63, 3.8) is 0 Å². The minimum atomic E-state index is 0.312. The van der Waals surface area contributed by atoms with Crippen LogP contribution in [0.1, 0.15) is 0 Å². The van der Waals surface area contributed by atoms with Crippen LogP contribution in [0.25, 0.3) is 0 Å². The molecule has 0 fully saturated rings. The lowest BCUT2D eigenvalue weighted by molar-refractivity contribution is 0.381. The number of rotatable bonds is 6. The van der Waals surface area contributed by atoms with Gasteiger partial charge in [0.25, 0.3) is 0 Å². The Kier molecular flexibility index (Phi) is 4.65. The van der Waals surface area contributed by atoms with Gasteiger partial charge in [0, 0.05) is 23.7 Å². The SMILES string of the molecule is C1=CC(C(=COC=C(C2C=CC=C2)C2C=CC=C2)C2C=CC=C2)C=C1. The summed E-state index contributed by atoms with van der Waals surface area (Å²) in [6, 6.07) is 0. The summed E-state index contributed by atoms with van der Waals surface area (Å²) >= 11 is 0. The average molecular weight is 326 g/mol. The second kappa shape index (κ2) is 7.40. The molecule has 4 rings (SSSR count). The van der Waals surface area contributed by atoms with E-state index in [4.69, 9.17) is 4.74 Å². The van der Waals surface area contributed by atoms with E-state index in [1.807, 2.05) is 12.5 Å². The van der Waals surface area contributed by atoms with Gasteiger partial charge in [-0.1, -0.05) is 97.2 Å². The predicted molar refractivity (Wildman–Crippen MR) is 104 cm³/mol. The minimum absolute atomic E-state index is 0.312. The number of allylic oxidation sites excluding steroid dienone is 18. The molecular formula is C24H22O. The van der Waals surface area contributed by atoms with Gasteiger partial charge < -0.3 is 4.74 Å². The molecule has 0 unspecified atom stereocenters. The van der Waals surface area contributed by atoms with E-state index >= 15 is 0 Å². The first kappa shape index (κ1) is 15.7. The molecule has 0 aromatic heterocycles. The Bertz CT molecular complexity index is 629. The second-order valence-corrected chi connectivity index (χ2v) is 6.55. The van der Waals surface area contributed by atoms with E-state index in [9.17, 15) is 0 Å². The van der Waals surface area contributed by atoms with E-state index in [1.165, 1.54) is 11.1 Å². The summed E-state index contributed by atoms with van der Waals surface area (Å²) < 4.78 is 6.01. The van der Waals surface area contributed by atoms with E-state index in [2.05, 4.69) is 97.2 Å². The quantitative estimate of drug-likeness (QED) is 0.566. The lowest BCUT2D eigenvalue weighted by Crippen LogP contribution is -2.07. The molecule has 0 N–H and O–H groups in total. The van der Waals surface area contributed by atoms with Gasteiger partial charge in [0.1, 0.15) is 0 Å². The summed E-state index contributed by atoms with van der Waals surface area (Å²) in [5.74, 6) is 1.25. The fourth-order valence-corrected chi connectivity index (χ4v) is 3.57. The van der Waals surface area contributed by atoms with E-state index in [1.54, 1.807) is 0 Å².